The topological polar surface area (TPSA) is 75.6 Å². The highest BCUT2D eigenvalue weighted by Crippen LogP contribution is 2.29. The van der Waals surface area contributed by atoms with Gasteiger partial charge < -0.3 is 14.5 Å². The predicted octanol–water partition coefficient (Wildman–Crippen LogP) is 3.67. The molecule has 156 valence electrons. The second-order valence-electron chi connectivity index (χ2n) is 7.35. The molecule has 3 heterocycles. The minimum absolute atomic E-state index is 0.216. The number of benzene rings is 1. The maximum absolute atomic E-state index is 12.6. The Morgan fingerprint density at radius 1 is 1.20 bits per heavy atom. The summed E-state index contributed by atoms with van der Waals surface area (Å²) in [5.74, 6) is -0.176. The molecule has 2 aromatic heterocycles. The molecule has 0 aliphatic carbocycles. The van der Waals surface area contributed by atoms with Gasteiger partial charge in [0.05, 0.1) is 16.3 Å². The molecule has 0 spiro atoms. The van der Waals surface area contributed by atoms with E-state index in [1.807, 2.05) is 31.2 Å². The van der Waals surface area contributed by atoms with E-state index in [1.165, 1.54) is 0 Å². The smallest absolute Gasteiger partial charge is 0.342 e. The maximum atomic E-state index is 12.6. The van der Waals surface area contributed by atoms with Crippen molar-refractivity contribution in [2.45, 2.75) is 25.8 Å². The Morgan fingerprint density at radius 3 is 2.73 bits per heavy atom. The number of anilines is 1. The van der Waals surface area contributed by atoms with Gasteiger partial charge in [0.25, 0.3) is 5.91 Å². The fourth-order valence-electron chi connectivity index (χ4n) is 3.49. The maximum Gasteiger partial charge on any atom is 0.342 e. The molecule has 1 amide bonds. The molecular formula is C22H24N4O3S. The lowest BCUT2D eigenvalue weighted by Gasteiger charge is -2.23. The van der Waals surface area contributed by atoms with E-state index < -0.39 is 5.97 Å². The molecule has 0 bridgehead atoms. The van der Waals surface area contributed by atoms with E-state index in [9.17, 15) is 9.59 Å². The van der Waals surface area contributed by atoms with Crippen LogP contribution < -0.4 is 4.90 Å². The van der Waals surface area contributed by atoms with Crippen molar-refractivity contribution in [2.75, 3.05) is 31.6 Å². The first-order valence-electron chi connectivity index (χ1n) is 10.0. The molecule has 1 aromatic carbocycles. The van der Waals surface area contributed by atoms with Crippen LogP contribution in [0, 0.1) is 0 Å². The largest absolute Gasteiger partial charge is 0.452 e. The van der Waals surface area contributed by atoms with Crippen LogP contribution in [0.2, 0.25) is 0 Å². The molecule has 0 saturated carbocycles. The van der Waals surface area contributed by atoms with Crippen LogP contribution in [0.25, 0.3) is 10.2 Å². The number of pyridine rings is 1. The number of rotatable bonds is 6. The molecule has 1 aliphatic rings. The van der Waals surface area contributed by atoms with Crippen molar-refractivity contribution in [2.24, 2.45) is 0 Å². The minimum Gasteiger partial charge on any atom is -0.452 e. The van der Waals surface area contributed by atoms with Gasteiger partial charge in [0.15, 0.2) is 6.61 Å². The number of carbonyl (C=O) groups excluding carboxylic acids is 2. The number of para-hydroxylation sites is 1. The number of fused-ring (bicyclic) bond motifs is 1. The predicted molar refractivity (Wildman–Crippen MR) is 117 cm³/mol. The Balaban J connectivity index is 1.40. The van der Waals surface area contributed by atoms with Crippen LogP contribution in [0.15, 0.2) is 42.6 Å². The van der Waals surface area contributed by atoms with Crippen molar-refractivity contribution in [1.29, 1.82) is 0 Å². The second-order valence-corrected chi connectivity index (χ2v) is 8.41. The van der Waals surface area contributed by atoms with E-state index in [4.69, 9.17) is 4.74 Å². The first-order chi connectivity index (χ1) is 14.5. The van der Waals surface area contributed by atoms with Gasteiger partial charge in [-0.3, -0.25) is 4.79 Å². The van der Waals surface area contributed by atoms with Crippen molar-refractivity contribution in [3.8, 4) is 0 Å². The van der Waals surface area contributed by atoms with Crippen LogP contribution in [0.1, 0.15) is 41.2 Å². The molecular weight excluding hydrogens is 400 g/mol. The van der Waals surface area contributed by atoms with Gasteiger partial charge in [0.1, 0.15) is 16.4 Å². The van der Waals surface area contributed by atoms with Crippen molar-refractivity contribution in [1.82, 2.24) is 14.9 Å². The Morgan fingerprint density at radius 2 is 1.97 bits per heavy atom. The number of thiazole rings is 1. The number of carbonyl (C=O) groups is 2. The van der Waals surface area contributed by atoms with E-state index in [0.717, 1.165) is 41.2 Å². The van der Waals surface area contributed by atoms with Gasteiger partial charge in [-0.1, -0.05) is 12.1 Å². The number of esters is 1. The number of hydrogen-bond donors (Lipinski definition) is 0. The molecule has 1 saturated heterocycles. The first kappa shape index (κ1) is 20.3. The molecule has 3 aromatic rings. The highest BCUT2D eigenvalue weighted by Gasteiger charge is 2.24. The lowest BCUT2D eigenvalue weighted by atomic mass is 10.2. The summed E-state index contributed by atoms with van der Waals surface area (Å²) in [5.41, 5.74) is 1.32. The van der Waals surface area contributed by atoms with E-state index in [2.05, 4.69) is 14.9 Å². The van der Waals surface area contributed by atoms with Crippen LogP contribution in [-0.2, 0) is 9.53 Å². The van der Waals surface area contributed by atoms with Gasteiger partial charge in [-0.15, -0.1) is 11.3 Å². The van der Waals surface area contributed by atoms with Crippen LogP contribution in [0.3, 0.4) is 0 Å². The molecule has 0 unspecified atom stereocenters. The van der Waals surface area contributed by atoms with Crippen molar-refractivity contribution in [3.05, 3.63) is 53.2 Å². The van der Waals surface area contributed by atoms with Crippen molar-refractivity contribution < 1.29 is 14.3 Å². The van der Waals surface area contributed by atoms with Crippen LogP contribution >= 0.6 is 11.3 Å². The summed E-state index contributed by atoms with van der Waals surface area (Å²) in [6.45, 7) is 3.35. The van der Waals surface area contributed by atoms with Gasteiger partial charge in [-0.2, -0.15) is 0 Å². The monoisotopic (exact) mass is 424 g/mol. The summed E-state index contributed by atoms with van der Waals surface area (Å²) in [5, 5.41) is 0.849. The molecule has 1 aliphatic heterocycles. The summed E-state index contributed by atoms with van der Waals surface area (Å²) in [4.78, 5) is 37.9. The van der Waals surface area contributed by atoms with Gasteiger partial charge in [-0.05, 0) is 44.0 Å². The zero-order chi connectivity index (χ0) is 21.1. The zero-order valence-electron chi connectivity index (χ0n) is 17.1. The third kappa shape index (κ3) is 4.14. The molecule has 1 atom stereocenters. The Labute approximate surface area is 179 Å². The third-order valence-electron chi connectivity index (χ3n) is 5.38. The number of hydrogen-bond acceptors (Lipinski definition) is 7. The Kier molecular flexibility index (Phi) is 5.94. The Hall–Kier alpha value is -3.00. The molecule has 30 heavy (non-hydrogen) atoms. The van der Waals surface area contributed by atoms with Gasteiger partial charge in [0, 0.05) is 26.3 Å². The molecule has 0 radical (unpaired) electrons. The summed E-state index contributed by atoms with van der Waals surface area (Å²) >= 11 is 1.56. The van der Waals surface area contributed by atoms with Crippen molar-refractivity contribution >= 4 is 39.2 Å². The summed E-state index contributed by atoms with van der Waals surface area (Å²) in [6, 6.07) is 11.1. The standard InChI is InChI=1S/C22H24N4O3S/c1-15(21-24-17-9-3-4-10-18(17)30-21)25(2)19(27)14-29-22(28)16-8-7-11-23-20(16)26-12-5-6-13-26/h3-4,7-11,15H,5-6,12-14H2,1-2H3/t15-/m1/s1. The summed E-state index contributed by atoms with van der Waals surface area (Å²) in [6.07, 6.45) is 3.83. The molecule has 7 nitrogen and oxygen atoms in total. The average molecular weight is 425 g/mol. The third-order valence-corrected chi connectivity index (χ3v) is 6.59. The minimum atomic E-state index is -0.528. The summed E-state index contributed by atoms with van der Waals surface area (Å²) < 4.78 is 6.42. The van der Waals surface area contributed by atoms with E-state index in [0.29, 0.717) is 11.4 Å². The van der Waals surface area contributed by atoms with Crippen molar-refractivity contribution in [3.63, 3.8) is 0 Å². The van der Waals surface area contributed by atoms with E-state index >= 15 is 0 Å². The lowest BCUT2D eigenvalue weighted by Crippen LogP contribution is -2.33. The first-order valence-corrected chi connectivity index (χ1v) is 10.8. The summed E-state index contributed by atoms with van der Waals surface area (Å²) in [7, 11) is 1.70. The SMILES string of the molecule is C[C@H](c1nc2ccccc2s1)N(C)C(=O)COC(=O)c1cccnc1N1CCCC1. The van der Waals surface area contributed by atoms with Gasteiger partial charge >= 0.3 is 5.97 Å². The Bertz CT molecular complexity index is 1030. The molecule has 0 N–H and O–H groups in total. The van der Waals surface area contributed by atoms with Gasteiger partial charge in [0.2, 0.25) is 0 Å². The van der Waals surface area contributed by atoms with Crippen LogP contribution in [-0.4, -0.2) is 53.5 Å². The van der Waals surface area contributed by atoms with Gasteiger partial charge in [-0.25, -0.2) is 14.8 Å². The number of nitrogens with zero attached hydrogens (tertiary/aromatic N) is 4. The van der Waals surface area contributed by atoms with E-state index in [1.54, 1.807) is 41.6 Å². The molecule has 8 heteroatoms. The molecule has 1 fully saturated rings. The van der Waals surface area contributed by atoms with Crippen LogP contribution in [0.4, 0.5) is 5.82 Å². The lowest BCUT2D eigenvalue weighted by molar-refractivity contribution is -0.135. The highest BCUT2D eigenvalue weighted by molar-refractivity contribution is 7.18. The van der Waals surface area contributed by atoms with E-state index in [-0.39, 0.29) is 18.6 Å². The fourth-order valence-corrected chi connectivity index (χ4v) is 4.56. The number of amides is 1. The number of likely N-dealkylation sites (N-methyl/N-ethyl adjacent to an activating group) is 1. The quantitative estimate of drug-likeness (QED) is 0.562. The average Bonchev–Trinajstić information content (AvgIpc) is 3.46. The molecule has 4 rings (SSSR count). The fraction of sp³-hybridized carbons (Fsp3) is 0.364. The number of ether oxygens (including phenoxy) is 1. The zero-order valence-corrected chi connectivity index (χ0v) is 17.9. The number of aromatic nitrogens is 2. The van der Waals surface area contributed by atoms with Crippen LogP contribution in [0.5, 0.6) is 0 Å². The highest BCUT2D eigenvalue weighted by atomic mass is 32.1. The second kappa shape index (κ2) is 8.79. The normalized spacial score (nSPS) is 14.7.